The minimum absolute atomic E-state index is 0.265. The van der Waals surface area contributed by atoms with Gasteiger partial charge in [0, 0.05) is 58.1 Å². The molecule has 0 aliphatic heterocycles. The van der Waals surface area contributed by atoms with Gasteiger partial charge in [-0.3, -0.25) is 14.6 Å². The van der Waals surface area contributed by atoms with Crippen molar-refractivity contribution in [2.45, 2.75) is 6.42 Å². The summed E-state index contributed by atoms with van der Waals surface area (Å²) in [5.41, 5.74) is 2.39. The van der Waals surface area contributed by atoms with E-state index in [0.717, 1.165) is 12.1 Å². The van der Waals surface area contributed by atoms with Gasteiger partial charge < -0.3 is 20.3 Å². The average Bonchev–Trinajstić information content (AvgIpc) is 2.65. The summed E-state index contributed by atoms with van der Waals surface area (Å²) in [6, 6.07) is 9.01. The Hall–Kier alpha value is -2.93. The molecule has 2 aromatic rings. The van der Waals surface area contributed by atoms with Crippen molar-refractivity contribution in [2.24, 2.45) is 0 Å². The molecule has 2 N–H and O–H groups in total. The first-order valence-electron chi connectivity index (χ1n) is 8.32. The van der Waals surface area contributed by atoms with Crippen LogP contribution in [0.25, 0.3) is 0 Å². The Labute approximate surface area is 153 Å². The van der Waals surface area contributed by atoms with Crippen LogP contribution in [0.3, 0.4) is 0 Å². The van der Waals surface area contributed by atoms with Crippen LogP contribution in [0.1, 0.15) is 27.1 Å². The summed E-state index contributed by atoms with van der Waals surface area (Å²) in [6.07, 6.45) is 3.60. The second-order valence-corrected chi connectivity index (χ2v) is 5.96. The molecule has 0 bridgehead atoms. The zero-order valence-electron chi connectivity index (χ0n) is 15.3. The number of amides is 2. The van der Waals surface area contributed by atoms with Crippen LogP contribution in [-0.4, -0.2) is 51.2 Å². The van der Waals surface area contributed by atoms with Crippen LogP contribution < -0.4 is 15.5 Å². The molecule has 1 aromatic carbocycles. The quantitative estimate of drug-likeness (QED) is 0.708. The molecule has 138 valence electrons. The number of carbonyl (C=O) groups is 2. The lowest BCUT2D eigenvalue weighted by Crippen LogP contribution is -2.25. The summed E-state index contributed by atoms with van der Waals surface area (Å²) in [4.78, 5) is 30.5. The Morgan fingerprint density at radius 3 is 2.35 bits per heavy atom. The fourth-order valence-electron chi connectivity index (χ4n) is 2.25. The summed E-state index contributed by atoms with van der Waals surface area (Å²) in [5.74, 6) is -0.581. The smallest absolute Gasteiger partial charge is 0.257 e. The maximum Gasteiger partial charge on any atom is 0.257 e. The summed E-state index contributed by atoms with van der Waals surface area (Å²) >= 11 is 0. The van der Waals surface area contributed by atoms with Crippen molar-refractivity contribution < 1.29 is 14.3 Å². The highest BCUT2D eigenvalue weighted by Gasteiger charge is 2.11. The van der Waals surface area contributed by atoms with Crippen LogP contribution in [0.5, 0.6) is 0 Å². The average molecular weight is 356 g/mol. The zero-order chi connectivity index (χ0) is 18.9. The van der Waals surface area contributed by atoms with Gasteiger partial charge in [0.1, 0.15) is 0 Å². The molecule has 0 aliphatic rings. The van der Waals surface area contributed by atoms with Gasteiger partial charge in [-0.2, -0.15) is 0 Å². The first kappa shape index (κ1) is 19.4. The third kappa shape index (κ3) is 5.56. The van der Waals surface area contributed by atoms with Crippen molar-refractivity contribution in [1.82, 2.24) is 10.3 Å². The molecule has 0 unspecified atom stereocenters. The minimum Gasteiger partial charge on any atom is -0.385 e. The number of benzene rings is 1. The minimum atomic E-state index is -0.316. The van der Waals surface area contributed by atoms with Crippen LogP contribution in [0, 0.1) is 0 Å². The maximum atomic E-state index is 12.4. The molecule has 0 saturated heterocycles. The number of methoxy groups -OCH3 is 1. The molecule has 0 saturated carbocycles. The van der Waals surface area contributed by atoms with Gasteiger partial charge in [-0.1, -0.05) is 0 Å². The molecule has 0 atom stereocenters. The van der Waals surface area contributed by atoms with E-state index in [4.69, 9.17) is 4.74 Å². The van der Waals surface area contributed by atoms with Gasteiger partial charge in [-0.15, -0.1) is 0 Å². The molecule has 7 nitrogen and oxygen atoms in total. The fraction of sp³-hybridized carbons (Fsp3) is 0.316. The van der Waals surface area contributed by atoms with E-state index in [2.05, 4.69) is 15.6 Å². The number of hydrogen-bond donors (Lipinski definition) is 2. The van der Waals surface area contributed by atoms with Crippen molar-refractivity contribution in [3.05, 3.63) is 53.9 Å². The standard InChI is InChI=1S/C19H24N4O3/c1-23(2)17-7-5-16(6-8-17)22-19(25)15-11-14(12-20-13-15)18(24)21-9-4-10-26-3/h5-8,11-13H,4,9-10H2,1-3H3,(H,21,24)(H,22,25). The first-order valence-corrected chi connectivity index (χ1v) is 8.32. The van der Waals surface area contributed by atoms with E-state index in [0.29, 0.717) is 30.0 Å². The van der Waals surface area contributed by atoms with Gasteiger partial charge in [-0.05, 0) is 36.8 Å². The predicted octanol–water partition coefficient (Wildman–Crippen LogP) is 2.17. The van der Waals surface area contributed by atoms with Crippen LogP contribution in [0.2, 0.25) is 0 Å². The van der Waals surface area contributed by atoms with Crippen molar-refractivity contribution in [1.29, 1.82) is 0 Å². The molecule has 1 heterocycles. The number of ether oxygens (including phenoxy) is 1. The second kappa shape index (κ2) is 9.53. The van der Waals surface area contributed by atoms with Crippen LogP contribution in [0.15, 0.2) is 42.7 Å². The predicted molar refractivity (Wildman–Crippen MR) is 102 cm³/mol. The van der Waals surface area contributed by atoms with Crippen molar-refractivity contribution in [2.75, 3.05) is 44.6 Å². The summed E-state index contributed by atoms with van der Waals surface area (Å²) in [7, 11) is 5.51. The Morgan fingerprint density at radius 2 is 1.73 bits per heavy atom. The highest BCUT2D eigenvalue weighted by molar-refractivity contribution is 6.05. The third-order valence-electron chi connectivity index (χ3n) is 3.71. The molecule has 0 fully saturated rings. The molecule has 2 amide bonds. The van der Waals surface area contributed by atoms with Gasteiger partial charge in [0.15, 0.2) is 0 Å². The molecule has 7 heteroatoms. The van der Waals surface area contributed by atoms with E-state index in [1.54, 1.807) is 7.11 Å². The highest BCUT2D eigenvalue weighted by Crippen LogP contribution is 2.16. The topological polar surface area (TPSA) is 83.6 Å². The van der Waals surface area contributed by atoms with E-state index in [9.17, 15) is 9.59 Å². The second-order valence-electron chi connectivity index (χ2n) is 5.96. The number of carbonyl (C=O) groups excluding carboxylic acids is 2. The van der Waals surface area contributed by atoms with Gasteiger partial charge in [0.05, 0.1) is 11.1 Å². The van der Waals surface area contributed by atoms with E-state index in [-0.39, 0.29) is 11.8 Å². The maximum absolute atomic E-state index is 12.4. The van der Waals surface area contributed by atoms with E-state index in [1.165, 1.54) is 18.5 Å². The number of aromatic nitrogens is 1. The summed E-state index contributed by atoms with van der Waals surface area (Å²) in [5, 5.41) is 5.58. The van der Waals surface area contributed by atoms with Crippen LogP contribution >= 0.6 is 0 Å². The lowest BCUT2D eigenvalue weighted by molar-refractivity contribution is 0.0948. The Kier molecular flexibility index (Phi) is 7.11. The third-order valence-corrected chi connectivity index (χ3v) is 3.71. The van der Waals surface area contributed by atoms with Crippen molar-refractivity contribution >= 4 is 23.2 Å². The molecule has 1 aromatic heterocycles. The lowest BCUT2D eigenvalue weighted by Gasteiger charge is -2.13. The molecule has 0 aliphatic carbocycles. The number of anilines is 2. The number of nitrogens with one attached hydrogen (secondary N) is 2. The lowest BCUT2D eigenvalue weighted by atomic mass is 10.1. The molecule has 2 rings (SSSR count). The van der Waals surface area contributed by atoms with E-state index in [1.807, 2.05) is 43.3 Å². The van der Waals surface area contributed by atoms with Gasteiger partial charge in [0.2, 0.25) is 0 Å². The van der Waals surface area contributed by atoms with Gasteiger partial charge in [-0.25, -0.2) is 0 Å². The SMILES string of the molecule is COCCCNC(=O)c1cncc(C(=O)Nc2ccc(N(C)C)cc2)c1. The Morgan fingerprint density at radius 1 is 1.08 bits per heavy atom. The molecule has 0 radical (unpaired) electrons. The summed E-state index contributed by atoms with van der Waals surface area (Å²) < 4.78 is 4.94. The molecule has 26 heavy (non-hydrogen) atoms. The van der Waals surface area contributed by atoms with Crippen LogP contribution in [0.4, 0.5) is 11.4 Å². The van der Waals surface area contributed by atoms with E-state index >= 15 is 0 Å². The molecular weight excluding hydrogens is 332 g/mol. The van der Waals surface area contributed by atoms with Gasteiger partial charge >= 0.3 is 0 Å². The van der Waals surface area contributed by atoms with Crippen LogP contribution in [-0.2, 0) is 4.74 Å². The van der Waals surface area contributed by atoms with Gasteiger partial charge in [0.25, 0.3) is 11.8 Å². The Balaban J connectivity index is 1.99. The largest absolute Gasteiger partial charge is 0.385 e. The Bertz CT molecular complexity index is 745. The number of hydrogen-bond acceptors (Lipinski definition) is 5. The normalized spacial score (nSPS) is 10.3. The number of pyridine rings is 1. The zero-order valence-corrected chi connectivity index (χ0v) is 15.3. The van der Waals surface area contributed by atoms with Crippen molar-refractivity contribution in [3.8, 4) is 0 Å². The molecule has 0 spiro atoms. The molecular formula is C19H24N4O3. The first-order chi connectivity index (χ1) is 12.5. The highest BCUT2D eigenvalue weighted by atomic mass is 16.5. The van der Waals surface area contributed by atoms with Crippen molar-refractivity contribution in [3.63, 3.8) is 0 Å². The number of nitrogens with zero attached hydrogens (tertiary/aromatic N) is 2. The number of rotatable bonds is 8. The monoisotopic (exact) mass is 356 g/mol. The summed E-state index contributed by atoms with van der Waals surface area (Å²) in [6.45, 7) is 1.08. The fourth-order valence-corrected chi connectivity index (χ4v) is 2.25. The van der Waals surface area contributed by atoms with E-state index < -0.39 is 0 Å².